The van der Waals surface area contributed by atoms with E-state index in [9.17, 15) is 23.4 Å². The molecule has 0 bridgehead atoms. The van der Waals surface area contributed by atoms with Gasteiger partial charge in [-0.1, -0.05) is 67.0 Å². The Bertz CT molecular complexity index is 1140. The Hall–Kier alpha value is -2.25. The molecule has 0 amide bonds. The molecule has 2 unspecified atom stereocenters. The fraction of sp³-hybridized carbons (Fsp3) is 0.613. The van der Waals surface area contributed by atoms with Crippen LogP contribution >= 0.6 is 0 Å². The van der Waals surface area contributed by atoms with Crippen LogP contribution in [0.1, 0.15) is 138 Å². The fourth-order valence-corrected chi connectivity index (χ4v) is 5.19. The first-order valence-corrected chi connectivity index (χ1v) is 13.8. The lowest BCUT2D eigenvalue weighted by Crippen LogP contribution is -2.29. The summed E-state index contributed by atoms with van der Waals surface area (Å²) in [5, 5.41) is 22.7. The Morgan fingerprint density at radius 2 is 1.79 bits per heavy atom. The van der Waals surface area contributed by atoms with Gasteiger partial charge in [-0.05, 0) is 66.6 Å². The molecule has 38 heavy (non-hydrogen) atoms. The van der Waals surface area contributed by atoms with Crippen LogP contribution in [-0.2, 0) is 12.6 Å². The third-order valence-electron chi connectivity index (χ3n) is 7.50. The summed E-state index contributed by atoms with van der Waals surface area (Å²) in [7, 11) is 0. The maximum absolute atomic E-state index is 13.0. The van der Waals surface area contributed by atoms with Crippen molar-refractivity contribution < 1.29 is 23.4 Å². The van der Waals surface area contributed by atoms with Crippen molar-refractivity contribution in [2.45, 2.75) is 111 Å². The molecule has 210 valence electrons. The van der Waals surface area contributed by atoms with Crippen molar-refractivity contribution in [1.82, 2.24) is 9.97 Å². The smallest absolute Gasteiger partial charge is 0.388 e. The minimum absolute atomic E-state index is 0.0229. The van der Waals surface area contributed by atoms with Crippen molar-refractivity contribution in [1.29, 1.82) is 0 Å². The summed E-state index contributed by atoms with van der Waals surface area (Å²) in [4.78, 5) is 8.50. The summed E-state index contributed by atoms with van der Waals surface area (Å²) in [5.41, 5.74) is 3.99. The molecular weight excluding hydrogens is 489 g/mol. The summed E-state index contributed by atoms with van der Waals surface area (Å²) in [5.74, 6) is 0.861. The van der Waals surface area contributed by atoms with E-state index in [-0.39, 0.29) is 16.9 Å². The molecule has 4 nitrogen and oxygen atoms in total. The number of rotatable bonds is 5. The van der Waals surface area contributed by atoms with Crippen LogP contribution in [-0.4, -0.2) is 20.2 Å². The molecular formula is C31H43F3N2O2. The van der Waals surface area contributed by atoms with E-state index in [1.165, 1.54) is 12.5 Å². The average Bonchev–Trinajstić information content (AvgIpc) is 3.36. The SMILES string of the molecule is CC(C)c1nc2c(c(C3=CCCC3)c1C(O)c1ccc(C(F)(F)F)nc1)C(O)CC(C)(C)C2.CCC(C)C. The third kappa shape index (κ3) is 6.84. The van der Waals surface area contributed by atoms with Gasteiger partial charge in [-0.15, -0.1) is 0 Å². The molecule has 2 aromatic heterocycles. The van der Waals surface area contributed by atoms with E-state index in [0.29, 0.717) is 17.7 Å². The Balaban J connectivity index is 0.000000732. The van der Waals surface area contributed by atoms with Crippen molar-refractivity contribution in [2.75, 3.05) is 0 Å². The highest BCUT2D eigenvalue weighted by Crippen LogP contribution is 2.48. The van der Waals surface area contributed by atoms with Crippen molar-refractivity contribution in [3.8, 4) is 0 Å². The first-order valence-electron chi connectivity index (χ1n) is 13.8. The highest BCUT2D eigenvalue weighted by atomic mass is 19.4. The molecule has 0 spiro atoms. The molecule has 0 saturated heterocycles. The number of fused-ring (bicyclic) bond motifs is 1. The summed E-state index contributed by atoms with van der Waals surface area (Å²) in [6.07, 6.45) is 2.12. The first kappa shape index (κ1) is 30.3. The quantitative estimate of drug-likeness (QED) is 0.406. The van der Waals surface area contributed by atoms with Crippen LogP contribution in [0.3, 0.4) is 0 Å². The van der Waals surface area contributed by atoms with E-state index >= 15 is 0 Å². The minimum Gasteiger partial charge on any atom is -0.388 e. The molecule has 4 rings (SSSR count). The predicted molar refractivity (Wildman–Crippen MR) is 146 cm³/mol. The van der Waals surface area contributed by atoms with Gasteiger partial charge in [0.2, 0.25) is 0 Å². The van der Waals surface area contributed by atoms with E-state index in [0.717, 1.165) is 66.3 Å². The van der Waals surface area contributed by atoms with Gasteiger partial charge < -0.3 is 10.2 Å². The minimum atomic E-state index is -4.54. The lowest BCUT2D eigenvalue weighted by atomic mass is 9.71. The number of halogens is 3. The highest BCUT2D eigenvalue weighted by Gasteiger charge is 2.38. The lowest BCUT2D eigenvalue weighted by Gasteiger charge is -2.37. The van der Waals surface area contributed by atoms with Crippen molar-refractivity contribution >= 4 is 5.57 Å². The van der Waals surface area contributed by atoms with Crippen LogP contribution in [0.5, 0.6) is 0 Å². The molecule has 2 aliphatic carbocycles. The number of aromatic nitrogens is 2. The Morgan fingerprint density at radius 3 is 2.26 bits per heavy atom. The maximum Gasteiger partial charge on any atom is 0.433 e. The second-order valence-corrected chi connectivity index (χ2v) is 12.2. The Morgan fingerprint density at radius 1 is 1.13 bits per heavy atom. The number of hydrogen-bond donors (Lipinski definition) is 2. The van der Waals surface area contributed by atoms with Gasteiger partial charge in [0.05, 0.1) is 6.10 Å². The molecule has 0 saturated carbocycles. The van der Waals surface area contributed by atoms with Gasteiger partial charge in [-0.2, -0.15) is 13.2 Å². The normalized spacial score (nSPS) is 19.6. The van der Waals surface area contributed by atoms with Gasteiger partial charge in [-0.3, -0.25) is 9.97 Å². The van der Waals surface area contributed by atoms with Gasteiger partial charge in [0.1, 0.15) is 11.8 Å². The van der Waals surface area contributed by atoms with E-state index in [4.69, 9.17) is 4.98 Å². The second-order valence-electron chi connectivity index (χ2n) is 12.2. The zero-order chi connectivity index (χ0) is 28.4. The first-order chi connectivity index (χ1) is 17.7. The van der Waals surface area contributed by atoms with Gasteiger partial charge in [0, 0.05) is 34.3 Å². The number of hydrogen-bond acceptors (Lipinski definition) is 4. The molecule has 2 aliphatic rings. The second kappa shape index (κ2) is 11.9. The number of aliphatic hydroxyl groups is 2. The topological polar surface area (TPSA) is 66.2 Å². The lowest BCUT2D eigenvalue weighted by molar-refractivity contribution is -0.141. The third-order valence-corrected chi connectivity index (χ3v) is 7.50. The Kier molecular flexibility index (Phi) is 9.46. The number of pyridine rings is 2. The molecule has 2 atom stereocenters. The van der Waals surface area contributed by atoms with Crippen LogP contribution < -0.4 is 0 Å². The van der Waals surface area contributed by atoms with E-state index in [2.05, 4.69) is 45.7 Å². The molecule has 0 fully saturated rings. The molecule has 0 radical (unpaired) electrons. The zero-order valence-electron chi connectivity index (χ0n) is 23.8. The summed E-state index contributed by atoms with van der Waals surface area (Å²) < 4.78 is 39.0. The summed E-state index contributed by atoms with van der Waals surface area (Å²) in [6, 6.07) is 2.17. The standard InChI is InChI=1S/C26H31F3N2O2.C5H12/c1-14(2)23-22(24(33)16-9-10-19(30-13-16)26(27,28)29)20(15-7-5-6-8-15)21-17(31-23)11-25(3,4)12-18(21)32;1-4-5(2)3/h7,9-10,13-14,18,24,32-33H,5-6,8,11-12H2,1-4H3;5H,4H2,1-3H3. The largest absolute Gasteiger partial charge is 0.433 e. The van der Waals surface area contributed by atoms with E-state index in [1.54, 1.807) is 0 Å². The van der Waals surface area contributed by atoms with Crippen molar-refractivity contribution in [2.24, 2.45) is 11.3 Å². The molecule has 2 aromatic rings. The molecule has 7 heteroatoms. The molecule has 0 aromatic carbocycles. The van der Waals surface area contributed by atoms with Crippen LogP contribution in [0.25, 0.3) is 5.57 Å². The monoisotopic (exact) mass is 532 g/mol. The summed E-state index contributed by atoms with van der Waals surface area (Å²) in [6.45, 7) is 14.9. The van der Waals surface area contributed by atoms with Gasteiger partial charge >= 0.3 is 6.18 Å². The fourth-order valence-electron chi connectivity index (χ4n) is 5.19. The molecule has 0 aliphatic heterocycles. The number of nitrogens with zero attached hydrogens (tertiary/aromatic N) is 2. The van der Waals surface area contributed by atoms with Crippen molar-refractivity contribution in [3.05, 3.63) is 63.7 Å². The van der Waals surface area contributed by atoms with Crippen LogP contribution in [0.4, 0.5) is 13.2 Å². The maximum atomic E-state index is 13.0. The Labute approximate surface area is 225 Å². The van der Waals surface area contributed by atoms with Crippen LogP contribution in [0.2, 0.25) is 0 Å². The van der Waals surface area contributed by atoms with E-state index in [1.807, 2.05) is 13.8 Å². The number of aliphatic hydroxyl groups excluding tert-OH is 2. The van der Waals surface area contributed by atoms with E-state index < -0.39 is 24.1 Å². The molecule has 2 N–H and O–H groups in total. The van der Waals surface area contributed by atoms with Gasteiger partial charge in [0.15, 0.2) is 0 Å². The van der Waals surface area contributed by atoms with Crippen LogP contribution in [0.15, 0.2) is 24.4 Å². The number of alkyl halides is 3. The predicted octanol–water partition coefficient (Wildman–Crippen LogP) is 8.33. The summed E-state index contributed by atoms with van der Waals surface area (Å²) >= 11 is 0. The molecule has 2 heterocycles. The van der Waals surface area contributed by atoms with Crippen LogP contribution in [0, 0.1) is 11.3 Å². The average molecular weight is 533 g/mol. The number of allylic oxidation sites excluding steroid dienone is 2. The van der Waals surface area contributed by atoms with Crippen molar-refractivity contribution in [3.63, 3.8) is 0 Å². The van der Waals surface area contributed by atoms with Gasteiger partial charge in [0.25, 0.3) is 0 Å². The van der Waals surface area contributed by atoms with Gasteiger partial charge in [-0.25, -0.2) is 0 Å². The zero-order valence-corrected chi connectivity index (χ0v) is 23.8. The highest BCUT2D eigenvalue weighted by molar-refractivity contribution is 5.75.